The lowest BCUT2D eigenvalue weighted by molar-refractivity contribution is -0.384. The molecule has 0 bridgehead atoms. The van der Waals surface area contributed by atoms with Crippen LogP contribution in [0.25, 0.3) is 0 Å². The van der Waals surface area contributed by atoms with Crippen molar-refractivity contribution in [1.82, 2.24) is 10.6 Å². The van der Waals surface area contributed by atoms with E-state index in [4.69, 9.17) is 0 Å². The second kappa shape index (κ2) is 9.50. The number of aliphatic imine (C=N–C) groups is 1. The van der Waals surface area contributed by atoms with E-state index < -0.39 is 15.7 Å². The highest BCUT2D eigenvalue weighted by Crippen LogP contribution is 2.23. The fourth-order valence-corrected chi connectivity index (χ4v) is 4.41. The Morgan fingerprint density at radius 3 is 2.68 bits per heavy atom. The zero-order chi connectivity index (χ0) is 18.2. The van der Waals surface area contributed by atoms with E-state index in [9.17, 15) is 14.3 Å². The minimum atomic E-state index is -0.746. The normalized spacial score (nSPS) is 22.2. The Labute approximate surface area is 150 Å². The van der Waals surface area contributed by atoms with Gasteiger partial charge in [0.1, 0.15) is 0 Å². The van der Waals surface area contributed by atoms with Gasteiger partial charge in [0.2, 0.25) is 0 Å². The van der Waals surface area contributed by atoms with Crippen molar-refractivity contribution in [3.63, 3.8) is 0 Å². The predicted octanol–water partition coefficient (Wildman–Crippen LogP) is 2.34. The van der Waals surface area contributed by atoms with Crippen LogP contribution in [0.4, 0.5) is 5.69 Å². The summed E-state index contributed by atoms with van der Waals surface area (Å²) < 4.78 is 12.0. The van der Waals surface area contributed by atoms with E-state index in [2.05, 4.69) is 15.6 Å². The van der Waals surface area contributed by atoms with Gasteiger partial charge in [-0.15, -0.1) is 0 Å². The number of guanidine groups is 1. The van der Waals surface area contributed by atoms with E-state index in [-0.39, 0.29) is 17.0 Å². The first-order valence-corrected chi connectivity index (χ1v) is 9.99. The predicted molar refractivity (Wildman–Crippen MR) is 101 cm³/mol. The molecule has 138 valence electrons. The van der Waals surface area contributed by atoms with Crippen LogP contribution in [-0.2, 0) is 17.3 Å². The van der Waals surface area contributed by atoms with Crippen molar-refractivity contribution in [3.8, 4) is 0 Å². The average molecular weight is 366 g/mol. The Hall–Kier alpha value is -1.96. The molecule has 0 amide bonds. The van der Waals surface area contributed by atoms with Crippen LogP contribution >= 0.6 is 0 Å². The van der Waals surface area contributed by atoms with Crippen LogP contribution in [0.1, 0.15) is 38.2 Å². The van der Waals surface area contributed by atoms with Crippen LogP contribution in [0.5, 0.6) is 0 Å². The van der Waals surface area contributed by atoms with Gasteiger partial charge in [0.05, 0.1) is 4.92 Å². The maximum absolute atomic E-state index is 12.0. The molecule has 2 rings (SSSR count). The number of rotatable bonds is 6. The maximum Gasteiger partial charge on any atom is 0.269 e. The summed E-state index contributed by atoms with van der Waals surface area (Å²) in [5, 5.41) is 17.6. The summed E-state index contributed by atoms with van der Waals surface area (Å²) in [7, 11) is 0.972. The summed E-state index contributed by atoms with van der Waals surface area (Å²) >= 11 is 0. The number of nitro benzene ring substituents is 1. The third kappa shape index (κ3) is 5.81. The van der Waals surface area contributed by atoms with Crippen molar-refractivity contribution in [2.75, 3.05) is 12.8 Å². The molecule has 1 aliphatic rings. The van der Waals surface area contributed by atoms with Gasteiger partial charge < -0.3 is 10.6 Å². The van der Waals surface area contributed by atoms with Gasteiger partial charge in [0, 0.05) is 53.6 Å². The van der Waals surface area contributed by atoms with Crippen molar-refractivity contribution in [1.29, 1.82) is 0 Å². The average Bonchev–Trinajstić information content (AvgIpc) is 2.64. The van der Waals surface area contributed by atoms with E-state index in [1.165, 1.54) is 12.1 Å². The molecule has 1 aromatic carbocycles. The van der Waals surface area contributed by atoms with Crippen LogP contribution in [-0.4, -0.2) is 39.2 Å². The lowest BCUT2D eigenvalue weighted by Crippen LogP contribution is -2.46. The summed E-state index contributed by atoms with van der Waals surface area (Å²) in [6, 6.07) is 6.74. The molecule has 1 aliphatic carbocycles. The molecule has 1 aromatic rings. The van der Waals surface area contributed by atoms with Crippen molar-refractivity contribution in [2.24, 2.45) is 4.99 Å². The highest BCUT2D eigenvalue weighted by molar-refractivity contribution is 7.85. The molecule has 3 unspecified atom stereocenters. The number of non-ortho nitro benzene ring substituents is 1. The first-order valence-electron chi connectivity index (χ1n) is 8.61. The molecule has 25 heavy (non-hydrogen) atoms. The molecule has 1 fully saturated rings. The van der Waals surface area contributed by atoms with Crippen LogP contribution in [0.2, 0.25) is 0 Å². The molecule has 0 heterocycles. The second-order valence-electron chi connectivity index (χ2n) is 6.15. The van der Waals surface area contributed by atoms with Crippen molar-refractivity contribution in [3.05, 3.63) is 39.9 Å². The van der Waals surface area contributed by atoms with Crippen molar-refractivity contribution in [2.45, 2.75) is 50.4 Å². The van der Waals surface area contributed by atoms with Gasteiger partial charge in [-0.3, -0.25) is 19.3 Å². The number of nitro groups is 1. The largest absolute Gasteiger partial charge is 0.354 e. The quantitative estimate of drug-likeness (QED) is 0.349. The van der Waals surface area contributed by atoms with Gasteiger partial charge >= 0.3 is 0 Å². The van der Waals surface area contributed by atoms with Gasteiger partial charge in [-0.1, -0.05) is 25.5 Å². The smallest absolute Gasteiger partial charge is 0.269 e. The first-order chi connectivity index (χ1) is 12.0. The Morgan fingerprint density at radius 2 is 2.08 bits per heavy atom. The van der Waals surface area contributed by atoms with Crippen molar-refractivity contribution < 1.29 is 9.13 Å². The molecule has 0 aliphatic heterocycles. The summed E-state index contributed by atoms with van der Waals surface area (Å²) in [4.78, 5) is 14.5. The van der Waals surface area contributed by atoms with Crippen LogP contribution in [0.15, 0.2) is 29.3 Å². The third-order valence-corrected chi connectivity index (χ3v) is 6.19. The molecule has 0 saturated heterocycles. The van der Waals surface area contributed by atoms with Crippen LogP contribution in [0, 0.1) is 10.1 Å². The van der Waals surface area contributed by atoms with Crippen LogP contribution < -0.4 is 10.6 Å². The summed E-state index contributed by atoms with van der Waals surface area (Å²) in [6.07, 6.45) is 4.06. The molecule has 0 radical (unpaired) electrons. The number of hydrogen-bond donors (Lipinski definition) is 2. The summed E-state index contributed by atoms with van der Waals surface area (Å²) in [5.74, 6) is 1.41. The van der Waals surface area contributed by atoms with Crippen LogP contribution in [0.3, 0.4) is 0 Å². The summed E-state index contributed by atoms with van der Waals surface area (Å²) in [5.41, 5.74) is 1.03. The molecule has 2 N–H and O–H groups in total. The molecule has 1 saturated carbocycles. The fraction of sp³-hybridized carbons (Fsp3) is 0.588. The monoisotopic (exact) mass is 366 g/mol. The second-order valence-corrected chi connectivity index (χ2v) is 8.15. The first kappa shape index (κ1) is 19.4. The van der Waals surface area contributed by atoms with Gasteiger partial charge in [-0.2, -0.15) is 0 Å². The molecule has 3 atom stereocenters. The molecule has 0 spiro atoms. The third-order valence-electron chi connectivity index (χ3n) is 4.45. The standard InChI is InChI=1S/C17H26N4O3S/c1-3-25(24)16-6-4-5-14(11-16)20-17(18-2)19-12-13-7-9-15(10-8-13)21(22)23/h7-10,14,16H,3-6,11-12H2,1-2H3,(H2,18,19,20). The number of nitrogens with zero attached hydrogens (tertiary/aromatic N) is 2. The minimum Gasteiger partial charge on any atom is -0.354 e. The molecular formula is C17H26N4O3S. The van der Waals surface area contributed by atoms with Gasteiger partial charge in [-0.05, 0) is 24.8 Å². The lowest BCUT2D eigenvalue weighted by Gasteiger charge is -2.30. The Balaban J connectivity index is 1.86. The Bertz CT molecular complexity index is 633. The zero-order valence-corrected chi connectivity index (χ0v) is 15.6. The van der Waals surface area contributed by atoms with Gasteiger partial charge in [0.25, 0.3) is 5.69 Å². The summed E-state index contributed by atoms with van der Waals surface area (Å²) in [6.45, 7) is 2.51. The number of hydrogen-bond acceptors (Lipinski definition) is 4. The molecule has 0 aromatic heterocycles. The maximum atomic E-state index is 12.0. The van der Waals surface area contributed by atoms with Crippen molar-refractivity contribution >= 4 is 22.4 Å². The minimum absolute atomic E-state index is 0.0865. The molecule has 8 heteroatoms. The number of nitrogens with one attached hydrogen (secondary N) is 2. The molecule has 7 nitrogen and oxygen atoms in total. The number of benzene rings is 1. The Kier molecular flexibility index (Phi) is 7.36. The highest BCUT2D eigenvalue weighted by Gasteiger charge is 2.25. The van der Waals surface area contributed by atoms with E-state index in [1.807, 2.05) is 6.92 Å². The van der Waals surface area contributed by atoms with Gasteiger partial charge in [0.15, 0.2) is 5.96 Å². The topological polar surface area (TPSA) is 96.6 Å². The van der Waals surface area contributed by atoms with Gasteiger partial charge in [-0.25, -0.2) is 0 Å². The van der Waals surface area contributed by atoms with E-state index in [0.29, 0.717) is 18.3 Å². The van der Waals surface area contributed by atoms with E-state index in [0.717, 1.165) is 31.2 Å². The fourth-order valence-electron chi connectivity index (χ4n) is 3.06. The Morgan fingerprint density at radius 1 is 1.36 bits per heavy atom. The highest BCUT2D eigenvalue weighted by atomic mass is 32.2. The zero-order valence-electron chi connectivity index (χ0n) is 14.7. The molecular weight excluding hydrogens is 340 g/mol. The SMILES string of the molecule is CCS(=O)C1CCCC(NC(=NC)NCc2ccc([N+](=O)[O-])cc2)C1. The van der Waals surface area contributed by atoms with E-state index in [1.54, 1.807) is 19.2 Å². The lowest BCUT2D eigenvalue weighted by atomic mass is 9.95. The van der Waals surface area contributed by atoms with E-state index >= 15 is 0 Å².